The Morgan fingerprint density at radius 2 is 1.81 bits per heavy atom. The molecule has 5 heteroatoms. The lowest BCUT2D eigenvalue weighted by atomic mass is 10.1. The summed E-state index contributed by atoms with van der Waals surface area (Å²) in [5.74, 6) is -1.15. The number of nitrogens with zero attached hydrogens (tertiary/aromatic N) is 1. The highest BCUT2D eigenvalue weighted by Gasteiger charge is 2.14. The fourth-order valence-corrected chi connectivity index (χ4v) is 2.11. The van der Waals surface area contributed by atoms with Gasteiger partial charge in [0.05, 0.1) is 0 Å². The summed E-state index contributed by atoms with van der Waals surface area (Å²) in [5, 5.41) is 0. The van der Waals surface area contributed by atoms with Gasteiger partial charge in [0.15, 0.2) is 0 Å². The van der Waals surface area contributed by atoms with Gasteiger partial charge in [-0.2, -0.15) is 0 Å². The average Bonchev–Trinajstić information content (AvgIpc) is 2.49. The maximum absolute atomic E-state index is 13.6. The fourth-order valence-electron chi connectivity index (χ4n) is 1.93. The van der Waals surface area contributed by atoms with Gasteiger partial charge in [-0.1, -0.05) is 18.2 Å². The Balaban J connectivity index is 2.11. The van der Waals surface area contributed by atoms with Crippen LogP contribution in [-0.4, -0.2) is 17.9 Å². The molecule has 0 aliphatic rings. The fraction of sp³-hybridized carbons (Fsp3) is 0.188. The molecule has 0 saturated heterocycles. The van der Waals surface area contributed by atoms with Gasteiger partial charge in [-0.15, -0.1) is 11.6 Å². The zero-order valence-corrected chi connectivity index (χ0v) is 12.2. The molecule has 0 unspecified atom stereocenters. The zero-order valence-electron chi connectivity index (χ0n) is 11.4. The van der Waals surface area contributed by atoms with E-state index in [0.717, 1.165) is 11.6 Å². The van der Waals surface area contributed by atoms with Crippen molar-refractivity contribution in [2.45, 2.75) is 12.4 Å². The quantitative estimate of drug-likeness (QED) is 0.782. The van der Waals surface area contributed by atoms with Gasteiger partial charge in [-0.05, 0) is 23.8 Å². The van der Waals surface area contributed by atoms with E-state index in [-0.39, 0.29) is 18.0 Å². The SMILES string of the molecule is CN(Cc1ccc(F)cc1F)C(=O)c1ccc(CCl)cc1. The van der Waals surface area contributed by atoms with Crippen molar-refractivity contribution in [3.63, 3.8) is 0 Å². The first-order chi connectivity index (χ1) is 10.0. The summed E-state index contributed by atoms with van der Waals surface area (Å²) in [6, 6.07) is 10.2. The predicted octanol–water partition coefficient (Wildman–Crippen LogP) is 3.98. The van der Waals surface area contributed by atoms with E-state index in [1.807, 2.05) is 0 Å². The number of halogens is 3. The van der Waals surface area contributed by atoms with Crippen molar-refractivity contribution >= 4 is 17.5 Å². The molecule has 2 aromatic carbocycles. The largest absolute Gasteiger partial charge is 0.337 e. The number of hydrogen-bond acceptors (Lipinski definition) is 1. The number of amides is 1. The lowest BCUT2D eigenvalue weighted by Gasteiger charge is -2.18. The van der Waals surface area contributed by atoms with E-state index in [9.17, 15) is 13.6 Å². The van der Waals surface area contributed by atoms with Crippen LogP contribution in [0, 0.1) is 11.6 Å². The maximum Gasteiger partial charge on any atom is 0.253 e. The van der Waals surface area contributed by atoms with E-state index in [0.29, 0.717) is 11.4 Å². The van der Waals surface area contributed by atoms with Crippen LogP contribution in [0.2, 0.25) is 0 Å². The molecule has 21 heavy (non-hydrogen) atoms. The highest BCUT2D eigenvalue weighted by atomic mass is 35.5. The molecule has 0 N–H and O–H groups in total. The van der Waals surface area contributed by atoms with Crippen LogP contribution in [0.5, 0.6) is 0 Å². The molecule has 1 amide bonds. The molecule has 0 bridgehead atoms. The predicted molar refractivity (Wildman–Crippen MR) is 78.2 cm³/mol. The van der Waals surface area contributed by atoms with Gasteiger partial charge >= 0.3 is 0 Å². The molecule has 0 atom stereocenters. The molecule has 110 valence electrons. The molecule has 2 aromatic rings. The second kappa shape index (κ2) is 6.68. The first kappa shape index (κ1) is 15.4. The minimum atomic E-state index is -0.660. The molecule has 0 fully saturated rings. The van der Waals surface area contributed by atoms with Gasteiger partial charge in [0, 0.05) is 36.7 Å². The first-order valence-corrected chi connectivity index (χ1v) is 6.89. The minimum Gasteiger partial charge on any atom is -0.337 e. The first-order valence-electron chi connectivity index (χ1n) is 6.35. The topological polar surface area (TPSA) is 20.3 Å². The normalized spacial score (nSPS) is 10.5. The summed E-state index contributed by atoms with van der Waals surface area (Å²) >= 11 is 5.69. The summed E-state index contributed by atoms with van der Waals surface area (Å²) in [6.07, 6.45) is 0. The van der Waals surface area contributed by atoms with Crippen molar-refractivity contribution in [2.24, 2.45) is 0 Å². The van der Waals surface area contributed by atoms with Gasteiger partial charge in [-0.25, -0.2) is 8.78 Å². The van der Waals surface area contributed by atoms with Gasteiger partial charge in [0.25, 0.3) is 5.91 Å². The lowest BCUT2D eigenvalue weighted by molar-refractivity contribution is 0.0784. The molecule has 0 aliphatic heterocycles. The van der Waals surface area contributed by atoms with Crippen molar-refractivity contribution < 1.29 is 13.6 Å². The Labute approximate surface area is 127 Å². The number of carbonyl (C=O) groups excluding carboxylic acids is 1. The molecule has 0 saturated carbocycles. The number of hydrogen-bond donors (Lipinski definition) is 0. The minimum absolute atomic E-state index is 0.0716. The number of carbonyl (C=O) groups is 1. The van der Waals surface area contributed by atoms with Crippen LogP contribution < -0.4 is 0 Å². The molecule has 0 aromatic heterocycles. The summed E-state index contributed by atoms with van der Waals surface area (Å²) < 4.78 is 26.4. The van der Waals surface area contributed by atoms with Crippen molar-refractivity contribution in [3.05, 3.63) is 70.8 Å². The van der Waals surface area contributed by atoms with Gasteiger partial charge in [0.1, 0.15) is 11.6 Å². The number of rotatable bonds is 4. The zero-order chi connectivity index (χ0) is 15.4. The van der Waals surface area contributed by atoms with Crippen molar-refractivity contribution in [1.29, 1.82) is 0 Å². The summed E-state index contributed by atoms with van der Waals surface area (Å²) in [5.41, 5.74) is 1.68. The Morgan fingerprint density at radius 1 is 1.14 bits per heavy atom. The summed E-state index contributed by atoms with van der Waals surface area (Å²) in [4.78, 5) is 13.6. The van der Waals surface area contributed by atoms with E-state index >= 15 is 0 Å². The molecule has 0 heterocycles. The van der Waals surface area contributed by atoms with Crippen molar-refractivity contribution in [1.82, 2.24) is 4.90 Å². The van der Waals surface area contributed by atoms with Crippen LogP contribution in [0.4, 0.5) is 8.78 Å². The van der Waals surface area contributed by atoms with Gasteiger partial charge in [0.2, 0.25) is 0 Å². The average molecular weight is 310 g/mol. The van der Waals surface area contributed by atoms with Crippen LogP contribution in [0.1, 0.15) is 21.5 Å². The van der Waals surface area contributed by atoms with E-state index < -0.39 is 11.6 Å². The van der Waals surface area contributed by atoms with E-state index in [1.165, 1.54) is 17.0 Å². The van der Waals surface area contributed by atoms with Crippen LogP contribution in [0.25, 0.3) is 0 Å². The molecular weight excluding hydrogens is 296 g/mol. The van der Waals surface area contributed by atoms with E-state index in [4.69, 9.17) is 11.6 Å². The monoisotopic (exact) mass is 309 g/mol. The molecule has 2 rings (SSSR count). The second-order valence-corrected chi connectivity index (χ2v) is 4.99. The molecule has 0 aliphatic carbocycles. The molecule has 2 nitrogen and oxygen atoms in total. The van der Waals surface area contributed by atoms with Crippen LogP contribution in [-0.2, 0) is 12.4 Å². The third kappa shape index (κ3) is 3.79. The highest BCUT2D eigenvalue weighted by molar-refractivity contribution is 6.17. The summed E-state index contributed by atoms with van der Waals surface area (Å²) in [6.45, 7) is 0.0716. The Kier molecular flexibility index (Phi) is 4.91. The molecule has 0 radical (unpaired) electrons. The maximum atomic E-state index is 13.6. The van der Waals surface area contributed by atoms with Crippen LogP contribution >= 0.6 is 11.6 Å². The Morgan fingerprint density at radius 3 is 2.38 bits per heavy atom. The second-order valence-electron chi connectivity index (χ2n) is 4.73. The molecular formula is C16H14ClF2NO. The Bertz CT molecular complexity index is 643. The number of alkyl halides is 1. The Hall–Kier alpha value is -1.94. The van der Waals surface area contributed by atoms with E-state index in [2.05, 4.69) is 0 Å². The standard InChI is InChI=1S/C16H14ClF2NO/c1-20(10-13-6-7-14(18)8-15(13)19)16(21)12-4-2-11(9-17)3-5-12/h2-8H,9-10H2,1H3. The highest BCUT2D eigenvalue weighted by Crippen LogP contribution is 2.14. The van der Waals surface area contributed by atoms with Crippen molar-refractivity contribution in [2.75, 3.05) is 7.05 Å². The van der Waals surface area contributed by atoms with Crippen LogP contribution in [0.15, 0.2) is 42.5 Å². The third-order valence-electron chi connectivity index (χ3n) is 3.12. The smallest absolute Gasteiger partial charge is 0.253 e. The van der Waals surface area contributed by atoms with Crippen molar-refractivity contribution in [3.8, 4) is 0 Å². The molecule has 0 spiro atoms. The van der Waals surface area contributed by atoms with Gasteiger partial charge in [-0.3, -0.25) is 4.79 Å². The van der Waals surface area contributed by atoms with Crippen LogP contribution in [0.3, 0.4) is 0 Å². The third-order valence-corrected chi connectivity index (χ3v) is 3.43. The lowest BCUT2D eigenvalue weighted by Crippen LogP contribution is -2.26. The van der Waals surface area contributed by atoms with E-state index in [1.54, 1.807) is 31.3 Å². The number of benzene rings is 2. The summed E-state index contributed by atoms with van der Waals surface area (Å²) in [7, 11) is 1.57. The van der Waals surface area contributed by atoms with Gasteiger partial charge < -0.3 is 4.90 Å².